The summed E-state index contributed by atoms with van der Waals surface area (Å²) in [6.07, 6.45) is 0. The Morgan fingerprint density at radius 2 is 2.14 bits per heavy atom. The lowest BCUT2D eigenvalue weighted by atomic mass is 10.2. The second-order valence-electron chi connectivity index (χ2n) is 3.22. The Morgan fingerprint density at radius 3 is 2.64 bits per heavy atom. The van der Waals surface area contributed by atoms with E-state index in [2.05, 4.69) is 13.8 Å². The molecular weight excluding hydrogens is 198 g/mol. The molecule has 0 amide bonds. The number of carbonyl (C=O) groups is 1. The van der Waals surface area contributed by atoms with Gasteiger partial charge in [0, 0.05) is 15.8 Å². The van der Waals surface area contributed by atoms with Gasteiger partial charge in [0.1, 0.15) is 0 Å². The second kappa shape index (κ2) is 4.37. The topological polar surface area (TPSA) is 63.3 Å². The lowest BCUT2D eigenvalue weighted by Gasteiger charge is -2.07. The molecular formula is C10H13NO2S. The summed E-state index contributed by atoms with van der Waals surface area (Å²) in [5.41, 5.74) is 6.02. The van der Waals surface area contributed by atoms with E-state index in [1.165, 1.54) is 0 Å². The number of hydrogen-bond acceptors (Lipinski definition) is 3. The molecule has 0 aliphatic rings. The van der Waals surface area contributed by atoms with Crippen LogP contribution in [0.3, 0.4) is 0 Å². The van der Waals surface area contributed by atoms with Crippen LogP contribution in [0.5, 0.6) is 0 Å². The third-order valence-corrected chi connectivity index (χ3v) is 2.62. The van der Waals surface area contributed by atoms with Gasteiger partial charge in [-0.2, -0.15) is 0 Å². The number of thioether (sulfide) groups is 1. The molecule has 14 heavy (non-hydrogen) atoms. The maximum absolute atomic E-state index is 10.8. The molecule has 0 aromatic heterocycles. The summed E-state index contributed by atoms with van der Waals surface area (Å²) in [5.74, 6) is -0.978. The fourth-order valence-electron chi connectivity index (χ4n) is 1.07. The molecule has 0 atom stereocenters. The maximum atomic E-state index is 10.8. The van der Waals surface area contributed by atoms with E-state index in [9.17, 15) is 4.79 Å². The maximum Gasteiger partial charge on any atom is 0.337 e. The van der Waals surface area contributed by atoms with Gasteiger partial charge in [0.2, 0.25) is 0 Å². The van der Waals surface area contributed by atoms with Crippen LogP contribution in [0.25, 0.3) is 0 Å². The van der Waals surface area contributed by atoms with Crippen LogP contribution in [0.15, 0.2) is 23.1 Å². The third-order valence-electron chi connectivity index (χ3n) is 1.63. The Labute approximate surface area is 87.3 Å². The average molecular weight is 211 g/mol. The van der Waals surface area contributed by atoms with E-state index in [0.29, 0.717) is 10.9 Å². The minimum absolute atomic E-state index is 0.177. The monoisotopic (exact) mass is 211 g/mol. The molecule has 0 unspecified atom stereocenters. The zero-order valence-corrected chi connectivity index (χ0v) is 8.97. The first-order chi connectivity index (χ1) is 6.50. The Kier molecular flexibility index (Phi) is 3.41. The molecule has 1 aromatic rings. The number of anilines is 1. The van der Waals surface area contributed by atoms with Gasteiger partial charge < -0.3 is 10.8 Å². The van der Waals surface area contributed by atoms with Crippen LogP contribution in [-0.2, 0) is 0 Å². The summed E-state index contributed by atoms with van der Waals surface area (Å²) in [6, 6.07) is 5.09. The summed E-state index contributed by atoms with van der Waals surface area (Å²) in [7, 11) is 0. The molecule has 3 nitrogen and oxygen atoms in total. The molecule has 1 rings (SSSR count). The fraction of sp³-hybridized carbons (Fsp3) is 0.300. The lowest BCUT2D eigenvalue weighted by molar-refractivity contribution is 0.0698. The Bertz CT molecular complexity index is 350. The van der Waals surface area contributed by atoms with Gasteiger partial charge in [0.25, 0.3) is 0 Å². The first-order valence-corrected chi connectivity index (χ1v) is 5.18. The normalized spacial score (nSPS) is 10.5. The van der Waals surface area contributed by atoms with E-state index in [0.717, 1.165) is 4.90 Å². The Balaban J connectivity index is 3.00. The highest BCUT2D eigenvalue weighted by molar-refractivity contribution is 7.99. The minimum atomic E-state index is -0.978. The quantitative estimate of drug-likeness (QED) is 0.595. The van der Waals surface area contributed by atoms with Crippen molar-refractivity contribution < 1.29 is 9.90 Å². The van der Waals surface area contributed by atoms with Crippen molar-refractivity contribution >= 4 is 23.4 Å². The predicted molar refractivity (Wildman–Crippen MR) is 58.8 cm³/mol. The number of aromatic carboxylic acids is 1. The van der Waals surface area contributed by atoms with Crippen LogP contribution < -0.4 is 5.73 Å². The predicted octanol–water partition coefficient (Wildman–Crippen LogP) is 2.47. The van der Waals surface area contributed by atoms with Crippen LogP contribution in [-0.4, -0.2) is 16.3 Å². The molecule has 0 saturated carbocycles. The average Bonchev–Trinajstić information content (AvgIpc) is 2.07. The summed E-state index contributed by atoms with van der Waals surface area (Å²) in [4.78, 5) is 11.7. The van der Waals surface area contributed by atoms with Gasteiger partial charge in [0.15, 0.2) is 0 Å². The fourth-order valence-corrected chi connectivity index (χ4v) is 1.94. The van der Waals surface area contributed by atoms with Crippen LogP contribution in [0.4, 0.5) is 5.69 Å². The number of nitrogen functional groups attached to an aromatic ring is 1. The lowest BCUT2D eigenvalue weighted by Crippen LogP contribution is -2.02. The molecule has 0 spiro atoms. The van der Waals surface area contributed by atoms with Gasteiger partial charge in [0.05, 0.1) is 5.56 Å². The number of hydrogen-bond donors (Lipinski definition) is 2. The van der Waals surface area contributed by atoms with Gasteiger partial charge in [-0.1, -0.05) is 13.8 Å². The molecule has 0 saturated heterocycles. The number of benzene rings is 1. The van der Waals surface area contributed by atoms with Gasteiger partial charge in [-0.15, -0.1) is 11.8 Å². The molecule has 3 N–H and O–H groups in total. The van der Waals surface area contributed by atoms with Crippen molar-refractivity contribution in [2.45, 2.75) is 24.0 Å². The van der Waals surface area contributed by atoms with Gasteiger partial charge in [-0.05, 0) is 18.2 Å². The molecule has 0 bridgehead atoms. The molecule has 0 fully saturated rings. The van der Waals surface area contributed by atoms with E-state index in [1.54, 1.807) is 23.9 Å². The zero-order chi connectivity index (χ0) is 10.7. The molecule has 0 aliphatic heterocycles. The third kappa shape index (κ3) is 2.67. The first kappa shape index (κ1) is 10.9. The van der Waals surface area contributed by atoms with Crippen molar-refractivity contribution in [1.82, 2.24) is 0 Å². The highest BCUT2D eigenvalue weighted by Crippen LogP contribution is 2.26. The van der Waals surface area contributed by atoms with E-state index >= 15 is 0 Å². The summed E-state index contributed by atoms with van der Waals surface area (Å²) >= 11 is 1.62. The van der Waals surface area contributed by atoms with Crippen molar-refractivity contribution in [2.75, 3.05) is 5.73 Å². The number of carboxylic acids is 1. The molecule has 4 heteroatoms. The smallest absolute Gasteiger partial charge is 0.337 e. The molecule has 0 radical (unpaired) electrons. The minimum Gasteiger partial charge on any atom is -0.478 e. The number of rotatable bonds is 3. The van der Waals surface area contributed by atoms with Crippen molar-refractivity contribution in [2.24, 2.45) is 0 Å². The molecule has 76 valence electrons. The first-order valence-electron chi connectivity index (χ1n) is 4.30. The van der Waals surface area contributed by atoms with Gasteiger partial charge in [-0.25, -0.2) is 4.79 Å². The van der Waals surface area contributed by atoms with Crippen molar-refractivity contribution in [3.8, 4) is 0 Å². The second-order valence-corrected chi connectivity index (χ2v) is 4.87. The Hall–Kier alpha value is -1.16. The van der Waals surface area contributed by atoms with Crippen molar-refractivity contribution in [3.63, 3.8) is 0 Å². The van der Waals surface area contributed by atoms with Crippen LogP contribution in [0.1, 0.15) is 24.2 Å². The number of nitrogens with two attached hydrogens (primary N) is 1. The molecule has 1 aromatic carbocycles. The number of carboxylic acid groups (broad SMARTS) is 1. The SMILES string of the molecule is CC(C)Sc1ccc(N)c(C(=O)O)c1. The highest BCUT2D eigenvalue weighted by Gasteiger charge is 2.09. The van der Waals surface area contributed by atoms with Crippen molar-refractivity contribution in [3.05, 3.63) is 23.8 Å². The highest BCUT2D eigenvalue weighted by atomic mass is 32.2. The van der Waals surface area contributed by atoms with E-state index in [-0.39, 0.29) is 5.56 Å². The summed E-state index contributed by atoms with van der Waals surface area (Å²) < 4.78 is 0. The van der Waals surface area contributed by atoms with E-state index in [1.807, 2.05) is 6.07 Å². The van der Waals surface area contributed by atoms with Gasteiger partial charge >= 0.3 is 5.97 Å². The van der Waals surface area contributed by atoms with Crippen molar-refractivity contribution in [1.29, 1.82) is 0 Å². The zero-order valence-electron chi connectivity index (χ0n) is 8.15. The largest absolute Gasteiger partial charge is 0.478 e. The van der Waals surface area contributed by atoms with E-state index < -0.39 is 5.97 Å². The van der Waals surface area contributed by atoms with Crippen LogP contribution >= 0.6 is 11.8 Å². The van der Waals surface area contributed by atoms with Crippen LogP contribution in [0, 0.1) is 0 Å². The summed E-state index contributed by atoms with van der Waals surface area (Å²) in [5, 5.41) is 9.27. The van der Waals surface area contributed by atoms with E-state index in [4.69, 9.17) is 10.8 Å². The van der Waals surface area contributed by atoms with Gasteiger partial charge in [-0.3, -0.25) is 0 Å². The van der Waals surface area contributed by atoms with Crippen LogP contribution in [0.2, 0.25) is 0 Å². The standard InChI is InChI=1S/C10H13NO2S/c1-6(2)14-7-3-4-9(11)8(5-7)10(12)13/h3-6H,11H2,1-2H3,(H,12,13). The molecule has 0 aliphatic carbocycles. The molecule has 0 heterocycles. The summed E-state index contributed by atoms with van der Waals surface area (Å²) in [6.45, 7) is 4.11. The Morgan fingerprint density at radius 1 is 1.50 bits per heavy atom.